The van der Waals surface area contributed by atoms with E-state index in [2.05, 4.69) is 77.3 Å². The predicted octanol–water partition coefficient (Wildman–Crippen LogP) is 7.35. The average molecular weight is 504 g/mol. The first kappa shape index (κ1) is 31.4. The molecular formula is C29H49N3O2S. The molecule has 1 aliphatic rings. The number of nitrogens with one attached hydrogen (secondary N) is 2. The molecule has 1 saturated carbocycles. The van der Waals surface area contributed by atoms with Crippen LogP contribution in [-0.2, 0) is 9.47 Å². The molecule has 0 aromatic heterocycles. The molecule has 0 radical (unpaired) electrons. The first-order valence-electron chi connectivity index (χ1n) is 13.0. The van der Waals surface area contributed by atoms with Crippen molar-refractivity contribution in [3.05, 3.63) is 46.2 Å². The minimum absolute atomic E-state index is 0.0556. The third-order valence-corrected chi connectivity index (χ3v) is 6.44. The molecule has 0 saturated heterocycles. The monoisotopic (exact) mass is 503 g/mol. The molecule has 0 aliphatic heterocycles. The summed E-state index contributed by atoms with van der Waals surface area (Å²) in [6.45, 7) is 17.6. The van der Waals surface area contributed by atoms with Crippen molar-refractivity contribution in [1.82, 2.24) is 10.6 Å². The van der Waals surface area contributed by atoms with Crippen LogP contribution in [0.15, 0.2) is 46.2 Å². The number of allylic oxidation sites excluding steroid dienone is 6. The quantitative estimate of drug-likeness (QED) is 0.0936. The third kappa shape index (κ3) is 17.4. The number of nitrogens with zero attached hydrogens (tertiary/aromatic N) is 1. The van der Waals surface area contributed by atoms with E-state index >= 15 is 0 Å². The van der Waals surface area contributed by atoms with E-state index in [-0.39, 0.29) is 18.1 Å². The summed E-state index contributed by atoms with van der Waals surface area (Å²) in [4.78, 5) is 0. The molecule has 0 amide bonds. The van der Waals surface area contributed by atoms with Crippen molar-refractivity contribution >= 4 is 11.8 Å². The maximum atomic E-state index is 9.12. The molecule has 1 fully saturated rings. The van der Waals surface area contributed by atoms with Gasteiger partial charge in [-0.15, -0.1) is 0 Å². The van der Waals surface area contributed by atoms with Gasteiger partial charge in [0.15, 0.2) is 6.23 Å². The highest BCUT2D eigenvalue weighted by Crippen LogP contribution is 2.30. The number of hydrogen-bond acceptors (Lipinski definition) is 6. The predicted molar refractivity (Wildman–Crippen MR) is 151 cm³/mol. The zero-order valence-electron chi connectivity index (χ0n) is 23.4. The lowest BCUT2D eigenvalue weighted by Crippen LogP contribution is -2.41. The Hall–Kier alpha value is -1.68. The van der Waals surface area contributed by atoms with Gasteiger partial charge in [0, 0.05) is 18.0 Å². The summed E-state index contributed by atoms with van der Waals surface area (Å²) in [5, 5.41) is 16.0. The SMILES string of the molecule is CC(C)=CCC/C(C)=C/CC/C(C)=C/CSCC(NC(CNC(C)OC(C)(C)C)=C1CC1)OC#N. The number of thioether (sulfide) groups is 1. The van der Waals surface area contributed by atoms with E-state index in [1.807, 2.05) is 13.2 Å². The molecule has 2 unspecified atom stereocenters. The van der Waals surface area contributed by atoms with E-state index in [1.54, 1.807) is 11.8 Å². The van der Waals surface area contributed by atoms with Crippen molar-refractivity contribution in [1.29, 1.82) is 5.26 Å². The van der Waals surface area contributed by atoms with E-state index in [0.29, 0.717) is 12.3 Å². The maximum absolute atomic E-state index is 9.12. The van der Waals surface area contributed by atoms with Crippen LogP contribution in [0.1, 0.15) is 93.9 Å². The fourth-order valence-electron chi connectivity index (χ4n) is 3.54. The summed E-state index contributed by atoms with van der Waals surface area (Å²) < 4.78 is 11.3. The molecule has 0 aromatic carbocycles. The summed E-state index contributed by atoms with van der Waals surface area (Å²) in [5.74, 6) is 1.63. The first-order valence-corrected chi connectivity index (χ1v) is 14.1. The Morgan fingerprint density at radius 1 is 1.06 bits per heavy atom. The zero-order chi connectivity index (χ0) is 26.3. The van der Waals surface area contributed by atoms with Gasteiger partial charge in [0.2, 0.25) is 0 Å². The largest absolute Gasteiger partial charge is 0.401 e. The minimum Gasteiger partial charge on any atom is -0.401 e. The van der Waals surface area contributed by atoms with E-state index in [9.17, 15) is 0 Å². The molecule has 1 rings (SSSR count). The van der Waals surface area contributed by atoms with Gasteiger partial charge in [-0.05, 0) is 99.5 Å². The second-order valence-electron chi connectivity index (χ2n) is 10.7. The van der Waals surface area contributed by atoms with E-state index in [4.69, 9.17) is 14.7 Å². The van der Waals surface area contributed by atoms with Crippen molar-refractivity contribution in [3.63, 3.8) is 0 Å². The highest BCUT2D eigenvalue weighted by atomic mass is 32.2. The van der Waals surface area contributed by atoms with Crippen LogP contribution in [0.3, 0.4) is 0 Å². The lowest BCUT2D eigenvalue weighted by molar-refractivity contribution is -0.0646. The van der Waals surface area contributed by atoms with E-state index < -0.39 is 0 Å². The van der Waals surface area contributed by atoms with Crippen LogP contribution < -0.4 is 10.6 Å². The van der Waals surface area contributed by atoms with E-state index in [1.165, 1.54) is 22.3 Å². The topological polar surface area (TPSA) is 66.3 Å². The van der Waals surface area contributed by atoms with Gasteiger partial charge in [-0.2, -0.15) is 17.0 Å². The first-order chi connectivity index (χ1) is 16.5. The van der Waals surface area contributed by atoms with Gasteiger partial charge in [-0.1, -0.05) is 34.9 Å². The van der Waals surface area contributed by atoms with Crippen LogP contribution in [-0.4, -0.2) is 36.1 Å². The molecule has 6 heteroatoms. The van der Waals surface area contributed by atoms with Gasteiger partial charge in [-0.25, -0.2) is 0 Å². The van der Waals surface area contributed by atoms with Gasteiger partial charge >= 0.3 is 0 Å². The van der Waals surface area contributed by atoms with Gasteiger partial charge in [0.1, 0.15) is 6.23 Å². The van der Waals surface area contributed by atoms with Crippen LogP contribution in [0.2, 0.25) is 0 Å². The standard InChI is InChI=1S/C29H49N3O2S/c1-22(2)11-9-12-23(3)13-10-14-24(4)17-18-35-20-28(33-21-30)32-27(26-15-16-26)19-31-25(5)34-29(6,7)8/h11,13,17,25,28,31-32H,9-10,12,14-16,18-20H2,1-8H3/b23-13+,24-17+. The van der Waals surface area contributed by atoms with Crippen LogP contribution in [0.4, 0.5) is 0 Å². The van der Waals surface area contributed by atoms with Gasteiger partial charge < -0.3 is 14.8 Å². The number of rotatable bonds is 17. The Morgan fingerprint density at radius 2 is 1.69 bits per heavy atom. The fourth-order valence-corrected chi connectivity index (χ4v) is 4.44. The molecular weight excluding hydrogens is 454 g/mol. The average Bonchev–Trinajstić information content (AvgIpc) is 3.58. The third-order valence-electron chi connectivity index (χ3n) is 5.50. The molecule has 2 atom stereocenters. The number of ether oxygens (including phenoxy) is 2. The lowest BCUT2D eigenvalue weighted by Gasteiger charge is -2.27. The Labute approximate surface area is 219 Å². The lowest BCUT2D eigenvalue weighted by atomic mass is 10.1. The summed E-state index contributed by atoms with van der Waals surface area (Å²) >= 11 is 1.78. The molecule has 5 nitrogen and oxygen atoms in total. The summed E-state index contributed by atoms with van der Waals surface area (Å²) in [6.07, 6.45) is 15.1. The summed E-state index contributed by atoms with van der Waals surface area (Å²) in [6, 6.07) is 0. The molecule has 0 spiro atoms. The van der Waals surface area contributed by atoms with E-state index in [0.717, 1.165) is 50.0 Å². The van der Waals surface area contributed by atoms with Crippen LogP contribution in [0.5, 0.6) is 0 Å². The van der Waals surface area contributed by atoms with Crippen LogP contribution in [0, 0.1) is 11.5 Å². The smallest absolute Gasteiger partial charge is 0.288 e. The normalized spacial score (nSPS) is 15.8. The van der Waals surface area contributed by atoms with Crippen molar-refractivity contribution < 1.29 is 9.47 Å². The maximum Gasteiger partial charge on any atom is 0.288 e. The van der Waals surface area contributed by atoms with Crippen molar-refractivity contribution in [2.24, 2.45) is 0 Å². The van der Waals surface area contributed by atoms with Crippen molar-refractivity contribution in [3.8, 4) is 6.26 Å². The summed E-state index contributed by atoms with van der Waals surface area (Å²) in [5.41, 5.74) is 6.62. The Bertz CT molecular complexity index is 790. The number of nitriles is 1. The molecule has 0 bridgehead atoms. The zero-order valence-corrected chi connectivity index (χ0v) is 24.2. The van der Waals surface area contributed by atoms with Gasteiger partial charge in [0.25, 0.3) is 6.26 Å². The Kier molecular flexibility index (Phi) is 15.1. The molecule has 0 heterocycles. The summed E-state index contributed by atoms with van der Waals surface area (Å²) in [7, 11) is 0. The molecule has 0 aromatic rings. The van der Waals surface area contributed by atoms with Crippen LogP contribution >= 0.6 is 11.8 Å². The molecule has 35 heavy (non-hydrogen) atoms. The van der Waals surface area contributed by atoms with Gasteiger partial charge in [-0.3, -0.25) is 5.32 Å². The van der Waals surface area contributed by atoms with Crippen LogP contribution in [0.25, 0.3) is 0 Å². The van der Waals surface area contributed by atoms with Gasteiger partial charge in [0.05, 0.1) is 11.4 Å². The highest BCUT2D eigenvalue weighted by Gasteiger charge is 2.22. The van der Waals surface area contributed by atoms with Crippen molar-refractivity contribution in [2.45, 2.75) is 112 Å². The Balaban J connectivity index is 2.41. The molecule has 198 valence electrons. The minimum atomic E-state index is -0.325. The number of hydrogen-bond donors (Lipinski definition) is 2. The second kappa shape index (κ2) is 16.9. The molecule has 2 N–H and O–H groups in total. The second-order valence-corrected chi connectivity index (χ2v) is 11.7. The molecule has 1 aliphatic carbocycles. The highest BCUT2D eigenvalue weighted by molar-refractivity contribution is 7.99. The Morgan fingerprint density at radius 3 is 2.26 bits per heavy atom. The fraction of sp³-hybridized carbons (Fsp3) is 0.690. The van der Waals surface area contributed by atoms with Crippen molar-refractivity contribution in [2.75, 3.05) is 18.1 Å².